The second-order valence-electron chi connectivity index (χ2n) is 5.77. The van der Waals surface area contributed by atoms with Crippen molar-refractivity contribution in [2.24, 2.45) is 0 Å². The van der Waals surface area contributed by atoms with Crippen LogP contribution in [0.5, 0.6) is 40.2 Å². The fourth-order valence-electron chi connectivity index (χ4n) is 2.87. The lowest BCUT2D eigenvalue weighted by molar-refractivity contribution is 0.360. The molecular weight excluding hydrogens is 340 g/mol. The third-order valence-electron chi connectivity index (χ3n) is 4.15. The number of hydrogen-bond acceptors (Lipinski definition) is 7. The number of aromatic hydroxyl groups is 7. The molecule has 0 bridgehead atoms. The van der Waals surface area contributed by atoms with Crippen LogP contribution in [0.15, 0.2) is 48.5 Å². The van der Waals surface area contributed by atoms with Crippen molar-refractivity contribution in [2.75, 3.05) is 0 Å². The van der Waals surface area contributed by atoms with Gasteiger partial charge in [-0.3, -0.25) is 0 Å². The zero-order valence-corrected chi connectivity index (χ0v) is 13.3. The zero-order valence-electron chi connectivity index (χ0n) is 13.3. The molecule has 0 aromatic heterocycles. The van der Waals surface area contributed by atoms with Crippen LogP contribution < -0.4 is 0 Å². The predicted molar refractivity (Wildman–Crippen MR) is 91.9 cm³/mol. The average Bonchev–Trinajstić information content (AvgIpc) is 2.61. The highest BCUT2D eigenvalue weighted by Crippen LogP contribution is 2.49. The Morgan fingerprint density at radius 3 is 1.50 bits per heavy atom. The van der Waals surface area contributed by atoms with Crippen LogP contribution in [0.25, 0.3) is 0 Å². The standard InChI is InChI=1S/C19H16O7/c20-10-3-1-2-9(8-10)15(11-4-6-13(21)18(25)16(11)23)12-5-7-14(22)19(26)17(12)24/h1-8,15,20-26H. The fraction of sp³-hybridized carbons (Fsp3) is 0.0526. The maximum absolute atomic E-state index is 10.3. The van der Waals surface area contributed by atoms with E-state index in [1.807, 2.05) is 0 Å². The number of rotatable bonds is 3. The quantitative estimate of drug-likeness (QED) is 0.282. The van der Waals surface area contributed by atoms with Gasteiger partial charge in [0.2, 0.25) is 11.5 Å². The Balaban J connectivity index is 2.32. The summed E-state index contributed by atoms with van der Waals surface area (Å²) in [6, 6.07) is 11.0. The molecule has 0 aliphatic heterocycles. The molecule has 0 aliphatic rings. The second-order valence-corrected chi connectivity index (χ2v) is 5.77. The van der Waals surface area contributed by atoms with Crippen LogP contribution in [0.3, 0.4) is 0 Å². The van der Waals surface area contributed by atoms with Crippen molar-refractivity contribution >= 4 is 0 Å². The lowest BCUT2D eigenvalue weighted by Gasteiger charge is -2.22. The maximum atomic E-state index is 10.3. The molecule has 7 heteroatoms. The molecule has 134 valence electrons. The van der Waals surface area contributed by atoms with Crippen molar-refractivity contribution in [2.45, 2.75) is 5.92 Å². The molecule has 3 aromatic carbocycles. The van der Waals surface area contributed by atoms with Gasteiger partial charge in [0.15, 0.2) is 23.0 Å². The molecule has 0 saturated carbocycles. The molecular formula is C19H16O7. The van der Waals surface area contributed by atoms with E-state index in [1.54, 1.807) is 12.1 Å². The normalized spacial score (nSPS) is 11.0. The first-order valence-electron chi connectivity index (χ1n) is 7.57. The van der Waals surface area contributed by atoms with Crippen LogP contribution in [0.4, 0.5) is 0 Å². The lowest BCUT2D eigenvalue weighted by Crippen LogP contribution is -2.04. The molecule has 7 N–H and O–H groups in total. The molecule has 0 aliphatic carbocycles. The zero-order chi connectivity index (χ0) is 19.0. The van der Waals surface area contributed by atoms with Crippen LogP contribution in [0.2, 0.25) is 0 Å². The number of phenols is 7. The van der Waals surface area contributed by atoms with Gasteiger partial charge in [0.25, 0.3) is 0 Å². The largest absolute Gasteiger partial charge is 0.508 e. The average molecular weight is 356 g/mol. The van der Waals surface area contributed by atoms with E-state index in [9.17, 15) is 35.7 Å². The Hall–Kier alpha value is -3.74. The van der Waals surface area contributed by atoms with Gasteiger partial charge in [0, 0.05) is 17.0 Å². The first-order chi connectivity index (χ1) is 12.3. The van der Waals surface area contributed by atoms with Crippen molar-refractivity contribution in [3.63, 3.8) is 0 Å². The van der Waals surface area contributed by atoms with Crippen molar-refractivity contribution in [1.29, 1.82) is 0 Å². The summed E-state index contributed by atoms with van der Waals surface area (Å²) in [6.45, 7) is 0. The van der Waals surface area contributed by atoms with Gasteiger partial charge >= 0.3 is 0 Å². The van der Waals surface area contributed by atoms with Crippen LogP contribution in [-0.2, 0) is 0 Å². The number of hydrogen-bond donors (Lipinski definition) is 7. The van der Waals surface area contributed by atoms with E-state index in [4.69, 9.17) is 0 Å². The van der Waals surface area contributed by atoms with Gasteiger partial charge in [-0.2, -0.15) is 0 Å². The van der Waals surface area contributed by atoms with Gasteiger partial charge < -0.3 is 35.7 Å². The van der Waals surface area contributed by atoms with E-state index in [1.165, 1.54) is 24.3 Å². The number of benzene rings is 3. The van der Waals surface area contributed by atoms with Crippen molar-refractivity contribution < 1.29 is 35.7 Å². The van der Waals surface area contributed by atoms with E-state index in [-0.39, 0.29) is 16.9 Å². The Labute approximate surface area is 147 Å². The minimum Gasteiger partial charge on any atom is -0.508 e. The third-order valence-corrected chi connectivity index (χ3v) is 4.15. The summed E-state index contributed by atoms with van der Waals surface area (Å²) in [4.78, 5) is 0. The maximum Gasteiger partial charge on any atom is 0.200 e. The molecule has 7 nitrogen and oxygen atoms in total. The van der Waals surface area contributed by atoms with Crippen LogP contribution in [-0.4, -0.2) is 35.7 Å². The van der Waals surface area contributed by atoms with Gasteiger partial charge in [-0.15, -0.1) is 0 Å². The summed E-state index contributed by atoms with van der Waals surface area (Å²) < 4.78 is 0. The molecule has 0 spiro atoms. The van der Waals surface area contributed by atoms with E-state index in [0.29, 0.717) is 5.56 Å². The van der Waals surface area contributed by atoms with Gasteiger partial charge in [0.05, 0.1) is 0 Å². The van der Waals surface area contributed by atoms with Crippen LogP contribution >= 0.6 is 0 Å². The summed E-state index contributed by atoms with van der Waals surface area (Å²) in [5.74, 6) is -4.78. The van der Waals surface area contributed by atoms with E-state index in [2.05, 4.69) is 0 Å². The summed E-state index contributed by atoms with van der Waals surface area (Å²) in [6.07, 6.45) is 0. The first kappa shape index (κ1) is 17.1. The Morgan fingerprint density at radius 1 is 0.538 bits per heavy atom. The van der Waals surface area contributed by atoms with Crippen LogP contribution in [0.1, 0.15) is 22.6 Å². The van der Waals surface area contributed by atoms with Gasteiger partial charge in [-0.1, -0.05) is 24.3 Å². The Kier molecular flexibility index (Phi) is 4.13. The molecule has 0 amide bonds. The predicted octanol–water partition coefficient (Wildman–Crippen LogP) is 2.81. The number of phenolic OH excluding ortho intramolecular Hbond substituents is 7. The second kappa shape index (κ2) is 6.29. The van der Waals surface area contributed by atoms with Gasteiger partial charge in [-0.05, 0) is 29.8 Å². The summed E-state index contributed by atoms with van der Waals surface area (Å²) in [5, 5.41) is 69.2. The summed E-state index contributed by atoms with van der Waals surface area (Å²) in [5.41, 5.74) is 0.628. The monoisotopic (exact) mass is 356 g/mol. The van der Waals surface area contributed by atoms with E-state index in [0.717, 1.165) is 12.1 Å². The van der Waals surface area contributed by atoms with Crippen LogP contribution in [0, 0.1) is 0 Å². The molecule has 3 aromatic rings. The molecule has 0 fully saturated rings. The molecule has 0 unspecified atom stereocenters. The minimum absolute atomic E-state index is 0.0718. The van der Waals surface area contributed by atoms with Crippen molar-refractivity contribution in [3.8, 4) is 40.2 Å². The van der Waals surface area contributed by atoms with Gasteiger partial charge in [-0.25, -0.2) is 0 Å². The Morgan fingerprint density at radius 2 is 1.04 bits per heavy atom. The highest BCUT2D eigenvalue weighted by molar-refractivity contribution is 5.63. The molecule has 0 heterocycles. The molecule has 3 rings (SSSR count). The topological polar surface area (TPSA) is 142 Å². The summed E-state index contributed by atoms with van der Waals surface area (Å²) >= 11 is 0. The first-order valence-corrected chi connectivity index (χ1v) is 7.57. The SMILES string of the molecule is Oc1cccc(C(c2ccc(O)c(O)c2O)c2ccc(O)c(O)c2O)c1. The van der Waals surface area contributed by atoms with E-state index >= 15 is 0 Å². The fourth-order valence-corrected chi connectivity index (χ4v) is 2.87. The lowest BCUT2D eigenvalue weighted by atomic mass is 9.83. The highest BCUT2D eigenvalue weighted by Gasteiger charge is 2.27. The third kappa shape index (κ3) is 2.75. The highest BCUT2D eigenvalue weighted by atomic mass is 16.3. The minimum atomic E-state index is -0.930. The van der Waals surface area contributed by atoms with E-state index < -0.39 is 40.4 Å². The molecule has 26 heavy (non-hydrogen) atoms. The van der Waals surface area contributed by atoms with Gasteiger partial charge in [0.1, 0.15) is 5.75 Å². The molecule has 0 saturated heterocycles. The smallest absolute Gasteiger partial charge is 0.200 e. The van der Waals surface area contributed by atoms with Crippen molar-refractivity contribution in [3.05, 3.63) is 65.2 Å². The molecule has 0 radical (unpaired) electrons. The van der Waals surface area contributed by atoms with Crippen molar-refractivity contribution in [1.82, 2.24) is 0 Å². The summed E-state index contributed by atoms with van der Waals surface area (Å²) in [7, 11) is 0. The Bertz CT molecular complexity index is 924. The molecule has 0 atom stereocenters.